The maximum absolute atomic E-state index is 6.40. The second-order valence-electron chi connectivity index (χ2n) is 5.81. The average Bonchev–Trinajstić information content (AvgIpc) is 2.96. The highest BCUT2D eigenvalue weighted by Crippen LogP contribution is 2.35. The Hall–Kier alpha value is -1.32. The molecule has 0 aliphatic heterocycles. The molecule has 3 rings (SSSR count). The largest absolute Gasteiger partial charge is 0.381 e. The molecule has 0 spiro atoms. The zero-order valence-electron chi connectivity index (χ0n) is 12.6. The van der Waals surface area contributed by atoms with Crippen molar-refractivity contribution in [2.45, 2.75) is 44.8 Å². The van der Waals surface area contributed by atoms with Crippen LogP contribution in [0.2, 0.25) is 5.02 Å². The van der Waals surface area contributed by atoms with Crippen LogP contribution in [0, 0.1) is 6.92 Å². The van der Waals surface area contributed by atoms with Crippen LogP contribution in [0.1, 0.15) is 37.3 Å². The van der Waals surface area contributed by atoms with E-state index in [0.717, 1.165) is 42.1 Å². The molecule has 0 unspecified atom stereocenters. The molecule has 21 heavy (non-hydrogen) atoms. The van der Waals surface area contributed by atoms with Gasteiger partial charge in [0.25, 0.3) is 0 Å². The molecule has 3 nitrogen and oxygen atoms in total. The molecule has 1 saturated carbocycles. The van der Waals surface area contributed by atoms with Crippen molar-refractivity contribution in [2.24, 2.45) is 0 Å². The topological polar surface area (TPSA) is 27.1 Å². The second kappa shape index (κ2) is 6.20. The van der Waals surface area contributed by atoms with Gasteiger partial charge in [-0.15, -0.1) is 0 Å². The van der Waals surface area contributed by atoms with Crippen molar-refractivity contribution >= 4 is 11.6 Å². The first kappa shape index (κ1) is 14.6. The summed E-state index contributed by atoms with van der Waals surface area (Å²) < 4.78 is 7.74. The third-order valence-corrected chi connectivity index (χ3v) is 4.72. The molecule has 1 heterocycles. The van der Waals surface area contributed by atoms with E-state index in [2.05, 4.69) is 27.9 Å². The molecule has 1 fully saturated rings. The molecule has 0 bridgehead atoms. The van der Waals surface area contributed by atoms with Crippen molar-refractivity contribution in [3.05, 3.63) is 41.2 Å². The van der Waals surface area contributed by atoms with Crippen molar-refractivity contribution in [3.8, 4) is 11.4 Å². The lowest BCUT2D eigenvalue weighted by molar-refractivity contribution is 0.0586. The lowest BCUT2D eigenvalue weighted by Gasteiger charge is -2.29. The Kier molecular flexibility index (Phi) is 4.32. The molecule has 1 aromatic carbocycles. The van der Waals surface area contributed by atoms with E-state index in [9.17, 15) is 0 Å². The van der Waals surface area contributed by atoms with Gasteiger partial charge in [-0.3, -0.25) is 0 Å². The molecular weight excluding hydrogens is 284 g/mol. The molecule has 0 N–H and O–H groups in total. The molecule has 0 atom stereocenters. The Morgan fingerprint density at radius 1 is 1.24 bits per heavy atom. The van der Waals surface area contributed by atoms with Gasteiger partial charge < -0.3 is 9.30 Å². The summed E-state index contributed by atoms with van der Waals surface area (Å²) in [5.74, 6) is 0.973. The minimum Gasteiger partial charge on any atom is -0.381 e. The van der Waals surface area contributed by atoms with Gasteiger partial charge in [0.1, 0.15) is 5.82 Å². The number of aromatic nitrogens is 2. The van der Waals surface area contributed by atoms with Crippen molar-refractivity contribution in [1.29, 1.82) is 0 Å². The minimum absolute atomic E-state index is 0.413. The van der Waals surface area contributed by atoms with Crippen LogP contribution < -0.4 is 0 Å². The highest BCUT2D eigenvalue weighted by Gasteiger charge is 2.24. The Labute approximate surface area is 130 Å². The Balaban J connectivity index is 1.87. The van der Waals surface area contributed by atoms with E-state index in [1.54, 1.807) is 7.11 Å². The zero-order chi connectivity index (χ0) is 14.8. The van der Waals surface area contributed by atoms with E-state index in [1.807, 2.05) is 19.2 Å². The minimum atomic E-state index is 0.413. The number of imidazole rings is 1. The highest BCUT2D eigenvalue weighted by atomic mass is 35.5. The second-order valence-corrected chi connectivity index (χ2v) is 6.21. The average molecular weight is 305 g/mol. The van der Waals surface area contributed by atoms with E-state index in [4.69, 9.17) is 16.3 Å². The molecular formula is C17H21ClN2O. The van der Waals surface area contributed by atoms with Crippen LogP contribution in [-0.2, 0) is 4.74 Å². The van der Waals surface area contributed by atoms with Gasteiger partial charge in [0, 0.05) is 31.1 Å². The number of aryl methyl sites for hydroxylation is 1. The fourth-order valence-corrected chi connectivity index (χ4v) is 3.50. The maximum atomic E-state index is 6.40. The van der Waals surface area contributed by atoms with Gasteiger partial charge in [-0.25, -0.2) is 4.98 Å². The monoisotopic (exact) mass is 304 g/mol. The number of methoxy groups -OCH3 is 1. The zero-order valence-corrected chi connectivity index (χ0v) is 13.3. The van der Waals surface area contributed by atoms with E-state index in [1.165, 1.54) is 5.56 Å². The van der Waals surface area contributed by atoms with Gasteiger partial charge in [-0.1, -0.05) is 17.7 Å². The molecule has 112 valence electrons. The van der Waals surface area contributed by atoms with Gasteiger partial charge in [0.2, 0.25) is 0 Å². The van der Waals surface area contributed by atoms with E-state index in [0.29, 0.717) is 12.1 Å². The molecule has 2 aromatic rings. The van der Waals surface area contributed by atoms with Crippen LogP contribution in [0.3, 0.4) is 0 Å². The van der Waals surface area contributed by atoms with Crippen LogP contribution in [0.15, 0.2) is 30.6 Å². The normalized spacial score (nSPS) is 22.4. The summed E-state index contributed by atoms with van der Waals surface area (Å²) in [4.78, 5) is 4.54. The Morgan fingerprint density at radius 3 is 2.67 bits per heavy atom. The van der Waals surface area contributed by atoms with Crippen LogP contribution in [0.25, 0.3) is 11.4 Å². The number of rotatable bonds is 3. The fraction of sp³-hybridized carbons (Fsp3) is 0.471. The summed E-state index contributed by atoms with van der Waals surface area (Å²) in [6.45, 7) is 2.05. The fourth-order valence-electron chi connectivity index (χ4n) is 3.18. The van der Waals surface area contributed by atoms with Crippen LogP contribution >= 0.6 is 11.6 Å². The van der Waals surface area contributed by atoms with E-state index >= 15 is 0 Å². The maximum Gasteiger partial charge on any atom is 0.141 e. The van der Waals surface area contributed by atoms with Gasteiger partial charge >= 0.3 is 0 Å². The Bertz CT molecular complexity index is 615. The van der Waals surface area contributed by atoms with Gasteiger partial charge in [0.05, 0.1) is 11.1 Å². The van der Waals surface area contributed by atoms with E-state index < -0.39 is 0 Å². The predicted octanol–water partition coefficient (Wildman–Crippen LogP) is 4.64. The van der Waals surface area contributed by atoms with Crippen molar-refractivity contribution in [3.63, 3.8) is 0 Å². The van der Waals surface area contributed by atoms with Crippen molar-refractivity contribution in [1.82, 2.24) is 9.55 Å². The van der Waals surface area contributed by atoms with Crippen LogP contribution in [0.4, 0.5) is 0 Å². The lowest BCUT2D eigenvalue weighted by Crippen LogP contribution is -2.22. The molecule has 1 aliphatic carbocycles. The van der Waals surface area contributed by atoms with Crippen LogP contribution in [-0.4, -0.2) is 22.8 Å². The number of hydrogen-bond donors (Lipinski definition) is 0. The van der Waals surface area contributed by atoms with Crippen LogP contribution in [0.5, 0.6) is 0 Å². The predicted molar refractivity (Wildman–Crippen MR) is 85.7 cm³/mol. The number of nitrogens with zero attached hydrogens (tertiary/aromatic N) is 2. The smallest absolute Gasteiger partial charge is 0.141 e. The lowest BCUT2D eigenvalue weighted by atomic mass is 9.92. The molecule has 0 radical (unpaired) electrons. The SMILES string of the molecule is COC1CCC(n2ccnc2-c2ccc(C)cc2Cl)CC1. The number of benzene rings is 1. The molecule has 1 aliphatic rings. The molecule has 4 heteroatoms. The molecule has 1 aromatic heterocycles. The summed E-state index contributed by atoms with van der Waals surface area (Å²) >= 11 is 6.40. The van der Waals surface area contributed by atoms with E-state index in [-0.39, 0.29) is 0 Å². The summed E-state index contributed by atoms with van der Waals surface area (Å²) in [5, 5.41) is 0.771. The van der Waals surface area contributed by atoms with Gasteiger partial charge in [0.15, 0.2) is 0 Å². The number of hydrogen-bond acceptors (Lipinski definition) is 2. The third kappa shape index (κ3) is 2.99. The first-order valence-electron chi connectivity index (χ1n) is 7.51. The summed E-state index contributed by atoms with van der Waals surface area (Å²) in [5.41, 5.74) is 2.18. The quantitative estimate of drug-likeness (QED) is 0.826. The number of ether oxygens (including phenoxy) is 1. The standard InChI is InChI=1S/C17H21ClN2O/c1-12-3-8-15(16(18)11-12)17-19-9-10-20(17)13-4-6-14(21-2)7-5-13/h3,8-11,13-14H,4-7H2,1-2H3. The highest BCUT2D eigenvalue weighted by molar-refractivity contribution is 6.33. The molecule has 0 amide bonds. The van der Waals surface area contributed by atoms with Gasteiger partial charge in [-0.05, 0) is 50.3 Å². The summed E-state index contributed by atoms with van der Waals surface area (Å²) in [6.07, 6.45) is 8.84. The first-order valence-corrected chi connectivity index (χ1v) is 7.89. The van der Waals surface area contributed by atoms with Gasteiger partial charge in [-0.2, -0.15) is 0 Å². The van der Waals surface area contributed by atoms with Crippen molar-refractivity contribution in [2.75, 3.05) is 7.11 Å². The molecule has 0 saturated heterocycles. The summed E-state index contributed by atoms with van der Waals surface area (Å²) in [6, 6.07) is 6.64. The first-order chi connectivity index (χ1) is 10.2. The Morgan fingerprint density at radius 2 is 2.00 bits per heavy atom. The van der Waals surface area contributed by atoms with Crippen molar-refractivity contribution < 1.29 is 4.74 Å². The number of halogens is 1. The third-order valence-electron chi connectivity index (χ3n) is 4.40. The summed E-state index contributed by atoms with van der Waals surface area (Å²) in [7, 11) is 1.81.